The molecule has 0 atom stereocenters. The first-order valence-corrected chi connectivity index (χ1v) is 10.3. The lowest BCUT2D eigenvalue weighted by atomic mass is 10.3. The van der Waals surface area contributed by atoms with Gasteiger partial charge in [-0.2, -0.15) is 14.5 Å². The van der Waals surface area contributed by atoms with Crippen molar-refractivity contribution in [1.82, 2.24) is 30.0 Å². The van der Waals surface area contributed by atoms with E-state index in [9.17, 15) is 4.79 Å². The molecule has 0 amide bonds. The van der Waals surface area contributed by atoms with Gasteiger partial charge >= 0.3 is 0 Å². The third kappa shape index (κ3) is 3.64. The summed E-state index contributed by atoms with van der Waals surface area (Å²) in [6, 6.07) is 19.0. The Balaban J connectivity index is 1.35. The predicted molar refractivity (Wildman–Crippen MR) is 118 cm³/mol. The summed E-state index contributed by atoms with van der Waals surface area (Å²) >= 11 is 6.46. The van der Waals surface area contributed by atoms with Gasteiger partial charge in [0, 0.05) is 26.2 Å². The van der Waals surface area contributed by atoms with Crippen molar-refractivity contribution in [1.29, 1.82) is 0 Å². The molecule has 0 saturated carbocycles. The van der Waals surface area contributed by atoms with Crippen LogP contribution in [0.1, 0.15) is 0 Å². The maximum Gasteiger partial charge on any atom is 0.292 e. The first-order valence-electron chi connectivity index (χ1n) is 9.89. The maximum absolute atomic E-state index is 12.8. The normalized spacial score (nSPS) is 14.1. The molecular formula is C21H19ClN8O. The molecule has 5 rings (SSSR count). The van der Waals surface area contributed by atoms with Crippen LogP contribution in [0.3, 0.4) is 0 Å². The van der Waals surface area contributed by atoms with Crippen molar-refractivity contribution in [2.75, 3.05) is 36.0 Å². The Morgan fingerprint density at radius 3 is 2.00 bits per heavy atom. The van der Waals surface area contributed by atoms with Crippen molar-refractivity contribution in [2.24, 2.45) is 0 Å². The summed E-state index contributed by atoms with van der Waals surface area (Å²) in [5, 5.41) is 16.7. The van der Waals surface area contributed by atoms with Gasteiger partial charge in [0.1, 0.15) is 5.02 Å². The fraction of sp³-hybridized carbons (Fsp3) is 0.190. The largest absolute Gasteiger partial charge is 0.365 e. The van der Waals surface area contributed by atoms with Gasteiger partial charge < -0.3 is 9.80 Å². The number of para-hydroxylation sites is 2. The van der Waals surface area contributed by atoms with Gasteiger partial charge in [0.05, 0.1) is 23.3 Å². The van der Waals surface area contributed by atoms with Crippen molar-refractivity contribution in [3.63, 3.8) is 0 Å². The molecule has 31 heavy (non-hydrogen) atoms. The Kier molecular flexibility index (Phi) is 5.09. The number of aromatic nitrogens is 6. The van der Waals surface area contributed by atoms with Crippen LogP contribution in [0, 0.1) is 0 Å². The Hall–Kier alpha value is -3.72. The van der Waals surface area contributed by atoms with Gasteiger partial charge in [-0.1, -0.05) is 53.1 Å². The molecule has 4 aromatic rings. The first kappa shape index (κ1) is 19.3. The number of hydrogen-bond donors (Lipinski definition) is 0. The van der Waals surface area contributed by atoms with E-state index in [4.69, 9.17) is 11.6 Å². The van der Waals surface area contributed by atoms with E-state index in [0.29, 0.717) is 43.5 Å². The highest BCUT2D eigenvalue weighted by Gasteiger charge is 2.25. The van der Waals surface area contributed by atoms with Crippen LogP contribution >= 0.6 is 11.6 Å². The van der Waals surface area contributed by atoms with Gasteiger partial charge in [-0.05, 0) is 34.7 Å². The maximum atomic E-state index is 12.8. The SMILES string of the molecule is O=c1c(Cl)c(N2CCN(c3nnnn3-c3ccccc3)CC2)cnn1-c1ccccc1. The Bertz CT molecular complexity index is 1230. The van der Waals surface area contributed by atoms with Crippen LogP contribution in [0.2, 0.25) is 5.02 Å². The van der Waals surface area contributed by atoms with Crippen molar-refractivity contribution in [3.05, 3.63) is 82.2 Å². The summed E-state index contributed by atoms with van der Waals surface area (Å²) in [4.78, 5) is 17.0. The molecule has 10 heteroatoms. The minimum Gasteiger partial charge on any atom is -0.365 e. The second-order valence-electron chi connectivity index (χ2n) is 7.10. The predicted octanol–water partition coefficient (Wildman–Crippen LogP) is 2.19. The van der Waals surface area contributed by atoms with Crippen molar-refractivity contribution in [2.45, 2.75) is 0 Å². The standard InChI is InChI=1S/C21H19ClN8O/c22-19-18(15-23-29(20(19)31)16-7-3-1-4-8-16)27-11-13-28(14-12-27)21-24-25-26-30(21)17-9-5-2-6-10-17/h1-10,15H,11-14H2. The van der Waals surface area contributed by atoms with Crippen LogP contribution in [0.15, 0.2) is 71.7 Å². The van der Waals surface area contributed by atoms with Gasteiger partial charge in [-0.15, -0.1) is 0 Å². The highest BCUT2D eigenvalue weighted by molar-refractivity contribution is 6.33. The van der Waals surface area contributed by atoms with Crippen LogP contribution in [-0.2, 0) is 0 Å². The van der Waals surface area contributed by atoms with E-state index in [-0.39, 0.29) is 10.6 Å². The summed E-state index contributed by atoms with van der Waals surface area (Å²) in [5.74, 6) is 0.689. The van der Waals surface area contributed by atoms with Gasteiger partial charge in [-0.25, -0.2) is 0 Å². The summed E-state index contributed by atoms with van der Waals surface area (Å²) in [6.07, 6.45) is 1.65. The molecule has 1 saturated heterocycles. The number of tetrazole rings is 1. The quantitative estimate of drug-likeness (QED) is 0.486. The molecule has 1 fully saturated rings. The number of hydrogen-bond acceptors (Lipinski definition) is 7. The lowest BCUT2D eigenvalue weighted by molar-refractivity contribution is 0.628. The molecule has 0 spiro atoms. The van der Waals surface area contributed by atoms with Crippen LogP contribution in [0.25, 0.3) is 11.4 Å². The van der Waals surface area contributed by atoms with Crippen molar-refractivity contribution < 1.29 is 0 Å². The lowest BCUT2D eigenvalue weighted by Gasteiger charge is -2.36. The van der Waals surface area contributed by atoms with Gasteiger partial charge in [-0.3, -0.25) is 4.79 Å². The van der Waals surface area contributed by atoms with Crippen molar-refractivity contribution in [3.8, 4) is 11.4 Å². The van der Waals surface area contributed by atoms with Crippen LogP contribution in [0.5, 0.6) is 0 Å². The topological polar surface area (TPSA) is 85.0 Å². The Morgan fingerprint density at radius 1 is 0.774 bits per heavy atom. The zero-order valence-corrected chi connectivity index (χ0v) is 17.3. The molecule has 0 aliphatic carbocycles. The van der Waals surface area contributed by atoms with E-state index >= 15 is 0 Å². The molecule has 156 valence electrons. The second kappa shape index (κ2) is 8.19. The lowest BCUT2D eigenvalue weighted by Crippen LogP contribution is -2.48. The van der Waals surface area contributed by atoms with E-state index in [0.717, 1.165) is 5.69 Å². The minimum atomic E-state index is -0.333. The molecule has 2 aromatic heterocycles. The van der Waals surface area contributed by atoms with Gasteiger partial charge in [0.15, 0.2) is 0 Å². The summed E-state index contributed by atoms with van der Waals surface area (Å²) in [6.45, 7) is 2.70. The molecule has 3 heterocycles. The number of anilines is 2. The summed E-state index contributed by atoms with van der Waals surface area (Å²) in [7, 11) is 0. The highest BCUT2D eigenvalue weighted by atomic mass is 35.5. The molecule has 0 N–H and O–H groups in total. The molecule has 0 unspecified atom stereocenters. The Labute approximate surface area is 183 Å². The second-order valence-corrected chi connectivity index (χ2v) is 7.47. The molecule has 0 radical (unpaired) electrons. The van der Waals surface area contributed by atoms with Crippen LogP contribution in [0.4, 0.5) is 11.6 Å². The third-order valence-electron chi connectivity index (χ3n) is 5.26. The zero-order chi connectivity index (χ0) is 21.2. The number of nitrogens with zero attached hydrogens (tertiary/aromatic N) is 8. The smallest absolute Gasteiger partial charge is 0.292 e. The average Bonchev–Trinajstić information content (AvgIpc) is 3.32. The van der Waals surface area contributed by atoms with E-state index in [2.05, 4.69) is 30.4 Å². The van der Waals surface area contributed by atoms with Gasteiger partial charge in [0.2, 0.25) is 5.95 Å². The fourth-order valence-electron chi connectivity index (χ4n) is 3.66. The van der Waals surface area contributed by atoms with E-state index in [1.807, 2.05) is 60.7 Å². The van der Waals surface area contributed by atoms with Crippen LogP contribution in [-0.4, -0.2) is 56.2 Å². The molecular weight excluding hydrogens is 416 g/mol. The van der Waals surface area contributed by atoms with Gasteiger partial charge in [0.25, 0.3) is 5.56 Å². The first-order chi connectivity index (χ1) is 15.2. The number of rotatable bonds is 4. The fourth-order valence-corrected chi connectivity index (χ4v) is 3.91. The third-order valence-corrected chi connectivity index (χ3v) is 5.61. The van der Waals surface area contributed by atoms with E-state index in [1.54, 1.807) is 10.9 Å². The summed E-state index contributed by atoms with van der Waals surface area (Å²) in [5.41, 5.74) is 1.89. The van der Waals surface area contributed by atoms with Crippen molar-refractivity contribution >= 4 is 23.2 Å². The zero-order valence-electron chi connectivity index (χ0n) is 16.5. The number of benzene rings is 2. The summed E-state index contributed by atoms with van der Waals surface area (Å²) < 4.78 is 3.04. The molecule has 2 aromatic carbocycles. The monoisotopic (exact) mass is 434 g/mol. The highest BCUT2D eigenvalue weighted by Crippen LogP contribution is 2.24. The number of piperazine rings is 1. The molecule has 9 nitrogen and oxygen atoms in total. The average molecular weight is 435 g/mol. The number of halogens is 1. The molecule has 1 aliphatic rings. The minimum absolute atomic E-state index is 0.168. The van der Waals surface area contributed by atoms with E-state index in [1.165, 1.54) is 4.68 Å². The molecule has 1 aliphatic heterocycles. The van der Waals surface area contributed by atoms with E-state index < -0.39 is 0 Å². The molecule has 0 bridgehead atoms. The Morgan fingerprint density at radius 2 is 1.35 bits per heavy atom. The van der Waals surface area contributed by atoms with Crippen LogP contribution < -0.4 is 15.4 Å².